The van der Waals surface area contributed by atoms with Crippen molar-refractivity contribution in [3.63, 3.8) is 0 Å². The van der Waals surface area contributed by atoms with E-state index in [0.717, 1.165) is 32.4 Å². The van der Waals surface area contributed by atoms with Crippen LogP contribution in [0.4, 0.5) is 0 Å². The molecule has 1 N–H and O–H groups in total. The van der Waals surface area contributed by atoms with Crippen molar-refractivity contribution in [2.45, 2.75) is 51.2 Å². The molecule has 1 saturated heterocycles. The van der Waals surface area contributed by atoms with Gasteiger partial charge in [0.05, 0.1) is 11.8 Å². The van der Waals surface area contributed by atoms with Crippen molar-refractivity contribution in [3.8, 4) is 0 Å². The highest BCUT2D eigenvalue weighted by Crippen LogP contribution is 2.30. The van der Waals surface area contributed by atoms with E-state index >= 15 is 0 Å². The van der Waals surface area contributed by atoms with Crippen molar-refractivity contribution in [2.24, 2.45) is 7.05 Å². The molecule has 0 aliphatic carbocycles. The fourth-order valence-electron chi connectivity index (χ4n) is 2.71. The molecule has 0 spiro atoms. The van der Waals surface area contributed by atoms with E-state index in [2.05, 4.69) is 30.5 Å². The van der Waals surface area contributed by atoms with Crippen LogP contribution in [-0.4, -0.2) is 34.6 Å². The van der Waals surface area contributed by atoms with Gasteiger partial charge in [-0.1, -0.05) is 6.92 Å². The first-order chi connectivity index (χ1) is 8.64. The molecular weight excluding hydrogens is 226 g/mol. The number of rotatable bonds is 6. The summed E-state index contributed by atoms with van der Waals surface area (Å²) in [5.74, 6) is 0. The summed E-state index contributed by atoms with van der Waals surface area (Å²) in [6.07, 6.45) is 8.52. The number of ether oxygens (including phenoxy) is 1. The fraction of sp³-hybridized carbons (Fsp3) is 0.786. The lowest BCUT2D eigenvalue weighted by molar-refractivity contribution is -0.0114. The van der Waals surface area contributed by atoms with Gasteiger partial charge in [-0.3, -0.25) is 4.68 Å². The summed E-state index contributed by atoms with van der Waals surface area (Å²) in [7, 11) is 1.96. The van der Waals surface area contributed by atoms with Crippen LogP contribution in [0.2, 0.25) is 0 Å². The Morgan fingerprint density at radius 3 is 3.00 bits per heavy atom. The molecule has 18 heavy (non-hydrogen) atoms. The second-order valence-corrected chi connectivity index (χ2v) is 5.50. The first kappa shape index (κ1) is 13.6. The molecule has 1 aliphatic heterocycles. The summed E-state index contributed by atoms with van der Waals surface area (Å²) in [6, 6.07) is 0.379. The Kier molecular flexibility index (Phi) is 4.40. The Labute approximate surface area is 110 Å². The van der Waals surface area contributed by atoms with Gasteiger partial charge in [0.25, 0.3) is 0 Å². The number of aromatic nitrogens is 2. The van der Waals surface area contributed by atoms with Crippen LogP contribution < -0.4 is 5.32 Å². The molecule has 1 fully saturated rings. The molecule has 0 aromatic carbocycles. The second kappa shape index (κ2) is 5.85. The monoisotopic (exact) mass is 251 g/mol. The number of nitrogens with one attached hydrogen (secondary N) is 1. The van der Waals surface area contributed by atoms with Gasteiger partial charge in [0.1, 0.15) is 0 Å². The normalized spacial score (nSPS) is 25.5. The molecule has 2 rings (SSSR count). The number of hydrogen-bond donors (Lipinski definition) is 1. The van der Waals surface area contributed by atoms with E-state index in [1.165, 1.54) is 12.0 Å². The Hall–Kier alpha value is -0.870. The van der Waals surface area contributed by atoms with Gasteiger partial charge in [-0.25, -0.2) is 0 Å². The van der Waals surface area contributed by atoms with Crippen LogP contribution in [0.25, 0.3) is 0 Å². The lowest BCUT2D eigenvalue weighted by Crippen LogP contribution is -2.50. The molecule has 1 aromatic rings. The maximum absolute atomic E-state index is 5.99. The van der Waals surface area contributed by atoms with Gasteiger partial charge in [0.15, 0.2) is 0 Å². The average Bonchev–Trinajstić information content (AvgIpc) is 2.94. The Balaban J connectivity index is 2.04. The summed E-state index contributed by atoms with van der Waals surface area (Å²) < 4.78 is 7.85. The largest absolute Gasteiger partial charge is 0.374 e. The standard InChI is InChI=1S/C14H25N3O/c1-4-7-15-13(14(2)6-5-8-18-14)9-12-10-16-17(3)11-12/h10-11,13,15H,4-9H2,1-3H3. The molecule has 0 saturated carbocycles. The van der Waals surface area contributed by atoms with Crippen LogP contribution in [0.15, 0.2) is 12.4 Å². The summed E-state index contributed by atoms with van der Waals surface area (Å²) >= 11 is 0. The molecule has 2 atom stereocenters. The minimum Gasteiger partial charge on any atom is -0.374 e. The maximum Gasteiger partial charge on any atom is 0.0810 e. The van der Waals surface area contributed by atoms with Crippen molar-refractivity contribution >= 4 is 0 Å². The van der Waals surface area contributed by atoms with Crippen LogP contribution in [0, 0.1) is 0 Å². The lowest BCUT2D eigenvalue weighted by Gasteiger charge is -2.34. The molecule has 4 heteroatoms. The van der Waals surface area contributed by atoms with Crippen molar-refractivity contribution in [2.75, 3.05) is 13.2 Å². The van der Waals surface area contributed by atoms with Crippen LogP contribution in [-0.2, 0) is 18.2 Å². The third-order valence-electron chi connectivity index (χ3n) is 3.83. The van der Waals surface area contributed by atoms with E-state index in [9.17, 15) is 0 Å². The molecule has 2 heterocycles. The van der Waals surface area contributed by atoms with Crippen molar-refractivity contribution in [3.05, 3.63) is 18.0 Å². The molecule has 4 nitrogen and oxygen atoms in total. The SMILES string of the molecule is CCCNC(Cc1cnn(C)c1)C1(C)CCCO1. The van der Waals surface area contributed by atoms with Gasteiger partial charge in [0.2, 0.25) is 0 Å². The van der Waals surface area contributed by atoms with Gasteiger partial charge >= 0.3 is 0 Å². The quantitative estimate of drug-likeness (QED) is 0.839. The highest BCUT2D eigenvalue weighted by atomic mass is 16.5. The van der Waals surface area contributed by atoms with Gasteiger partial charge in [-0.05, 0) is 44.7 Å². The zero-order chi connectivity index (χ0) is 13.0. The number of hydrogen-bond acceptors (Lipinski definition) is 3. The lowest BCUT2D eigenvalue weighted by atomic mass is 9.89. The van der Waals surface area contributed by atoms with E-state index in [0.29, 0.717) is 6.04 Å². The van der Waals surface area contributed by atoms with Gasteiger partial charge in [0, 0.05) is 25.9 Å². The third kappa shape index (κ3) is 3.12. The molecule has 0 bridgehead atoms. The number of aryl methyl sites for hydroxylation is 1. The topological polar surface area (TPSA) is 39.1 Å². The van der Waals surface area contributed by atoms with Gasteiger partial charge < -0.3 is 10.1 Å². The van der Waals surface area contributed by atoms with E-state index in [1.54, 1.807) is 0 Å². The van der Waals surface area contributed by atoms with E-state index < -0.39 is 0 Å². The third-order valence-corrected chi connectivity index (χ3v) is 3.83. The minimum absolute atomic E-state index is 0.0228. The Morgan fingerprint density at radius 2 is 2.44 bits per heavy atom. The smallest absolute Gasteiger partial charge is 0.0810 e. The molecule has 1 aromatic heterocycles. The summed E-state index contributed by atoms with van der Waals surface area (Å²) in [6.45, 7) is 6.38. The summed E-state index contributed by atoms with van der Waals surface area (Å²) in [4.78, 5) is 0. The number of nitrogens with zero attached hydrogens (tertiary/aromatic N) is 2. The van der Waals surface area contributed by atoms with Crippen LogP contribution in [0.5, 0.6) is 0 Å². The fourth-order valence-corrected chi connectivity index (χ4v) is 2.71. The minimum atomic E-state index is -0.0228. The predicted octanol–water partition coefficient (Wildman–Crippen LogP) is 1.90. The zero-order valence-corrected chi connectivity index (χ0v) is 11.8. The first-order valence-corrected chi connectivity index (χ1v) is 6.99. The van der Waals surface area contributed by atoms with Crippen LogP contribution in [0.3, 0.4) is 0 Å². The predicted molar refractivity (Wildman–Crippen MR) is 72.6 cm³/mol. The van der Waals surface area contributed by atoms with Crippen molar-refractivity contribution in [1.29, 1.82) is 0 Å². The molecule has 1 aliphatic rings. The first-order valence-electron chi connectivity index (χ1n) is 6.99. The molecule has 0 amide bonds. The molecule has 102 valence electrons. The molecular formula is C14H25N3O. The second-order valence-electron chi connectivity index (χ2n) is 5.50. The average molecular weight is 251 g/mol. The summed E-state index contributed by atoms with van der Waals surface area (Å²) in [5.41, 5.74) is 1.26. The zero-order valence-electron chi connectivity index (χ0n) is 11.8. The molecule has 0 radical (unpaired) electrons. The summed E-state index contributed by atoms with van der Waals surface area (Å²) in [5, 5.41) is 7.89. The molecule has 2 unspecified atom stereocenters. The Morgan fingerprint density at radius 1 is 1.61 bits per heavy atom. The van der Waals surface area contributed by atoms with E-state index in [1.807, 2.05) is 17.9 Å². The van der Waals surface area contributed by atoms with Crippen molar-refractivity contribution in [1.82, 2.24) is 15.1 Å². The Bertz CT molecular complexity index is 369. The van der Waals surface area contributed by atoms with Crippen LogP contribution in [0.1, 0.15) is 38.7 Å². The van der Waals surface area contributed by atoms with E-state index in [-0.39, 0.29) is 5.60 Å². The van der Waals surface area contributed by atoms with Gasteiger partial charge in [-0.15, -0.1) is 0 Å². The van der Waals surface area contributed by atoms with Crippen molar-refractivity contribution < 1.29 is 4.74 Å². The van der Waals surface area contributed by atoms with Gasteiger partial charge in [-0.2, -0.15) is 5.10 Å². The highest BCUT2D eigenvalue weighted by molar-refractivity contribution is 5.09. The van der Waals surface area contributed by atoms with Crippen LogP contribution >= 0.6 is 0 Å². The van der Waals surface area contributed by atoms with E-state index in [4.69, 9.17) is 4.74 Å². The highest BCUT2D eigenvalue weighted by Gasteiger charge is 2.38. The maximum atomic E-state index is 5.99.